The molecule has 0 saturated carbocycles. The molecule has 0 aliphatic heterocycles. The number of halogens is 2. The average Bonchev–Trinajstić information content (AvgIpc) is 2.82. The maximum atomic E-state index is 14.0. The topological polar surface area (TPSA) is 38.0 Å². The number of para-hydroxylation sites is 1. The number of nitrogens with zero attached hydrogens (tertiary/aromatic N) is 2. The van der Waals surface area contributed by atoms with Crippen LogP contribution in [0.15, 0.2) is 40.9 Å². The summed E-state index contributed by atoms with van der Waals surface area (Å²) in [5.74, 6) is 0.322. The van der Waals surface area contributed by atoms with E-state index in [0.29, 0.717) is 16.9 Å². The minimum atomic E-state index is -0.359. The number of aromatic nitrogens is 2. The summed E-state index contributed by atoms with van der Waals surface area (Å²) in [6, 6.07) is 10.1. The highest BCUT2D eigenvalue weighted by Crippen LogP contribution is 2.35. The summed E-state index contributed by atoms with van der Waals surface area (Å²) in [7, 11) is 0. The normalized spacial score (nSPS) is 11.5. The maximum Gasteiger partial charge on any atom is 0.151 e. The summed E-state index contributed by atoms with van der Waals surface area (Å²) in [5.41, 5.74) is 1.62. The number of hydrogen-bond acceptors (Lipinski definition) is 2. The Morgan fingerprint density at radius 2 is 2.00 bits per heavy atom. The standard InChI is InChI=1S/C16H14BrFN2O/c1-9(2)20-13-5-3-4-12(18)15(13)19-16(20)11-8-10(17)6-7-14(11)21/h3-9,21H,1-2H3. The molecule has 3 nitrogen and oxygen atoms in total. The van der Waals surface area contributed by atoms with E-state index in [1.54, 1.807) is 24.3 Å². The van der Waals surface area contributed by atoms with E-state index in [1.807, 2.05) is 24.5 Å². The summed E-state index contributed by atoms with van der Waals surface area (Å²) in [4.78, 5) is 4.41. The van der Waals surface area contributed by atoms with Gasteiger partial charge in [-0.2, -0.15) is 0 Å². The molecule has 0 aliphatic rings. The number of benzene rings is 2. The summed E-state index contributed by atoms with van der Waals surface area (Å²) < 4.78 is 16.8. The maximum absolute atomic E-state index is 14.0. The first kappa shape index (κ1) is 14.1. The van der Waals surface area contributed by atoms with E-state index in [-0.39, 0.29) is 17.6 Å². The first-order valence-electron chi connectivity index (χ1n) is 6.64. The van der Waals surface area contributed by atoms with Crippen molar-refractivity contribution in [1.82, 2.24) is 9.55 Å². The van der Waals surface area contributed by atoms with E-state index in [4.69, 9.17) is 0 Å². The minimum absolute atomic E-state index is 0.0881. The van der Waals surface area contributed by atoms with Crippen molar-refractivity contribution in [3.05, 3.63) is 46.7 Å². The van der Waals surface area contributed by atoms with Gasteiger partial charge in [0, 0.05) is 10.5 Å². The smallest absolute Gasteiger partial charge is 0.151 e. The molecule has 0 fully saturated rings. The van der Waals surface area contributed by atoms with Crippen LogP contribution in [-0.4, -0.2) is 14.7 Å². The molecule has 3 aromatic rings. The Bertz CT molecular complexity index is 827. The number of imidazole rings is 1. The van der Waals surface area contributed by atoms with Crippen molar-refractivity contribution >= 4 is 27.0 Å². The predicted molar refractivity (Wildman–Crippen MR) is 84.9 cm³/mol. The largest absolute Gasteiger partial charge is 0.507 e. The third-order valence-corrected chi connectivity index (χ3v) is 3.88. The molecule has 3 rings (SSSR count). The van der Waals surface area contributed by atoms with E-state index < -0.39 is 0 Å². The quantitative estimate of drug-likeness (QED) is 0.715. The molecule has 21 heavy (non-hydrogen) atoms. The molecule has 1 heterocycles. The van der Waals surface area contributed by atoms with Crippen LogP contribution in [0.2, 0.25) is 0 Å². The lowest BCUT2D eigenvalue weighted by Gasteiger charge is -2.14. The van der Waals surface area contributed by atoms with Gasteiger partial charge in [-0.15, -0.1) is 0 Å². The van der Waals surface area contributed by atoms with E-state index in [1.165, 1.54) is 6.07 Å². The van der Waals surface area contributed by atoms with Gasteiger partial charge in [-0.3, -0.25) is 0 Å². The van der Waals surface area contributed by atoms with E-state index in [2.05, 4.69) is 20.9 Å². The zero-order chi connectivity index (χ0) is 15.1. The van der Waals surface area contributed by atoms with Crippen LogP contribution in [0.3, 0.4) is 0 Å². The van der Waals surface area contributed by atoms with Crippen molar-refractivity contribution in [2.45, 2.75) is 19.9 Å². The van der Waals surface area contributed by atoms with Gasteiger partial charge in [0.15, 0.2) is 5.82 Å². The molecule has 0 spiro atoms. The molecule has 2 aromatic carbocycles. The average molecular weight is 349 g/mol. The van der Waals surface area contributed by atoms with E-state index in [9.17, 15) is 9.50 Å². The molecule has 0 amide bonds. The van der Waals surface area contributed by atoms with Crippen molar-refractivity contribution in [3.8, 4) is 17.1 Å². The van der Waals surface area contributed by atoms with Crippen LogP contribution in [0.25, 0.3) is 22.4 Å². The van der Waals surface area contributed by atoms with Crippen LogP contribution in [0, 0.1) is 5.82 Å². The summed E-state index contributed by atoms with van der Waals surface area (Å²) in [5, 5.41) is 10.1. The fraction of sp³-hybridized carbons (Fsp3) is 0.188. The van der Waals surface area contributed by atoms with Crippen LogP contribution in [-0.2, 0) is 0 Å². The molecular formula is C16H14BrFN2O. The Balaban J connectivity index is 2.39. The molecule has 0 atom stereocenters. The second-order valence-corrected chi connectivity index (χ2v) is 6.08. The zero-order valence-corrected chi connectivity index (χ0v) is 13.2. The number of phenols is 1. The molecule has 1 N–H and O–H groups in total. The highest BCUT2D eigenvalue weighted by molar-refractivity contribution is 9.10. The lowest BCUT2D eigenvalue weighted by molar-refractivity contribution is 0.476. The molecule has 5 heteroatoms. The van der Waals surface area contributed by atoms with E-state index >= 15 is 0 Å². The van der Waals surface area contributed by atoms with Crippen molar-refractivity contribution in [2.75, 3.05) is 0 Å². The molecular weight excluding hydrogens is 335 g/mol. The Hall–Kier alpha value is -1.88. The summed E-state index contributed by atoms with van der Waals surface area (Å²) >= 11 is 3.39. The van der Waals surface area contributed by atoms with Crippen LogP contribution < -0.4 is 0 Å². The van der Waals surface area contributed by atoms with Crippen molar-refractivity contribution in [3.63, 3.8) is 0 Å². The van der Waals surface area contributed by atoms with Crippen LogP contribution in [0.1, 0.15) is 19.9 Å². The lowest BCUT2D eigenvalue weighted by atomic mass is 10.2. The molecule has 0 bridgehead atoms. The highest BCUT2D eigenvalue weighted by atomic mass is 79.9. The Morgan fingerprint density at radius 3 is 2.71 bits per heavy atom. The number of aromatic hydroxyl groups is 1. The monoisotopic (exact) mass is 348 g/mol. The van der Waals surface area contributed by atoms with Crippen LogP contribution in [0.5, 0.6) is 5.75 Å². The highest BCUT2D eigenvalue weighted by Gasteiger charge is 2.19. The van der Waals surface area contributed by atoms with Gasteiger partial charge < -0.3 is 9.67 Å². The number of phenolic OH excluding ortho intramolecular Hbond substituents is 1. The van der Waals surface area contributed by atoms with Gasteiger partial charge >= 0.3 is 0 Å². The SMILES string of the molecule is CC(C)n1c(-c2cc(Br)ccc2O)nc2c(F)cccc21. The van der Waals surface area contributed by atoms with Gasteiger partial charge in [0.2, 0.25) is 0 Å². The second kappa shape index (κ2) is 5.15. The number of rotatable bonds is 2. The van der Waals surface area contributed by atoms with Gasteiger partial charge in [-0.05, 0) is 44.2 Å². The van der Waals surface area contributed by atoms with Crippen molar-refractivity contribution < 1.29 is 9.50 Å². The number of hydrogen-bond donors (Lipinski definition) is 1. The zero-order valence-electron chi connectivity index (χ0n) is 11.6. The Labute approximate surface area is 130 Å². The second-order valence-electron chi connectivity index (χ2n) is 5.17. The molecule has 108 valence electrons. The van der Waals surface area contributed by atoms with Crippen LogP contribution in [0.4, 0.5) is 4.39 Å². The minimum Gasteiger partial charge on any atom is -0.507 e. The van der Waals surface area contributed by atoms with Crippen molar-refractivity contribution in [1.29, 1.82) is 0 Å². The van der Waals surface area contributed by atoms with Gasteiger partial charge in [-0.1, -0.05) is 22.0 Å². The first-order valence-corrected chi connectivity index (χ1v) is 7.43. The van der Waals surface area contributed by atoms with Crippen molar-refractivity contribution in [2.24, 2.45) is 0 Å². The van der Waals surface area contributed by atoms with Gasteiger partial charge in [0.25, 0.3) is 0 Å². The third-order valence-electron chi connectivity index (χ3n) is 3.39. The molecule has 0 saturated heterocycles. The molecule has 1 aromatic heterocycles. The fourth-order valence-electron chi connectivity index (χ4n) is 2.48. The van der Waals surface area contributed by atoms with Gasteiger partial charge in [0.05, 0.1) is 11.1 Å². The molecule has 0 radical (unpaired) electrons. The Kier molecular flexibility index (Phi) is 3.45. The van der Waals surface area contributed by atoms with Gasteiger partial charge in [-0.25, -0.2) is 9.37 Å². The summed E-state index contributed by atoms with van der Waals surface area (Å²) in [6.45, 7) is 4.01. The molecule has 0 aliphatic carbocycles. The van der Waals surface area contributed by atoms with Crippen LogP contribution >= 0.6 is 15.9 Å². The van der Waals surface area contributed by atoms with E-state index in [0.717, 1.165) is 9.99 Å². The summed E-state index contributed by atoms with van der Waals surface area (Å²) in [6.07, 6.45) is 0. The predicted octanol–water partition coefficient (Wildman–Crippen LogP) is 4.89. The molecule has 0 unspecified atom stereocenters. The van der Waals surface area contributed by atoms with Gasteiger partial charge in [0.1, 0.15) is 17.1 Å². The third kappa shape index (κ3) is 2.31. The fourth-order valence-corrected chi connectivity index (χ4v) is 2.84. The lowest BCUT2D eigenvalue weighted by Crippen LogP contribution is -2.03. The number of fused-ring (bicyclic) bond motifs is 1. The first-order chi connectivity index (χ1) is 9.99. The Morgan fingerprint density at radius 1 is 1.24 bits per heavy atom.